The van der Waals surface area contributed by atoms with E-state index in [0.717, 1.165) is 68.3 Å². The number of carbonyl (C=O) groups is 1. The van der Waals surface area contributed by atoms with Crippen LogP contribution in [-0.4, -0.2) is 82.2 Å². The largest absolute Gasteiger partial charge is 0.461 e. The second-order valence-corrected chi connectivity index (χ2v) is 13.2. The van der Waals surface area contributed by atoms with Crippen molar-refractivity contribution in [2.24, 2.45) is 5.73 Å². The normalized spacial score (nSPS) is 19.8. The zero-order valence-electron chi connectivity index (χ0n) is 24.8. The van der Waals surface area contributed by atoms with Crippen molar-refractivity contribution in [1.82, 2.24) is 24.8 Å². The predicted octanol–water partition coefficient (Wildman–Crippen LogP) is 5.38. The van der Waals surface area contributed by atoms with Crippen LogP contribution in [0.4, 0.5) is 37.7 Å². The summed E-state index contributed by atoms with van der Waals surface area (Å²) in [5.41, 5.74) is 8.07. The molecule has 0 unspecified atom stereocenters. The Morgan fingerprint density at radius 2 is 1.87 bits per heavy atom. The van der Waals surface area contributed by atoms with E-state index >= 15 is 4.39 Å². The second kappa shape index (κ2) is 11.0. The molecule has 0 spiro atoms. The minimum absolute atomic E-state index is 0.0154. The quantitative estimate of drug-likeness (QED) is 0.264. The standard InChI is InChI=1S/C30H31F5N8O2S/c1-41(15-6-11-42(13-15)27(37)44)25-17-12-18(30(33,34)35)20(16-4-5-19(31)24-23(16)38-26(36)46-24)21(32)22(17)39-28(40-25)45-14-29-7-2-9-43(29)10-3-8-29/h4-5,12,15H,2-3,6-11,13-14H2,1H3,(H2,36,38)(H2,37,44)/t15-/m1/s1. The van der Waals surface area contributed by atoms with Crippen LogP contribution in [0.2, 0.25) is 0 Å². The Labute approximate surface area is 264 Å². The molecule has 2 aromatic carbocycles. The number of ether oxygens (including phenoxy) is 1. The number of urea groups is 1. The van der Waals surface area contributed by atoms with Crippen LogP contribution in [0, 0.1) is 11.6 Å². The first kappa shape index (κ1) is 30.6. The number of likely N-dealkylation sites (N-methyl/N-ethyl adjacent to an activating group) is 1. The van der Waals surface area contributed by atoms with E-state index in [0.29, 0.717) is 13.0 Å². The molecule has 16 heteroatoms. The Morgan fingerprint density at radius 1 is 1.13 bits per heavy atom. The molecule has 4 aromatic rings. The van der Waals surface area contributed by atoms with Crippen LogP contribution in [0.1, 0.15) is 37.7 Å². The Balaban J connectivity index is 1.42. The topological polar surface area (TPSA) is 127 Å². The van der Waals surface area contributed by atoms with Gasteiger partial charge in [-0.15, -0.1) is 0 Å². The SMILES string of the molecule is CN(c1nc(OCC23CCCN2CCC3)nc2c(F)c(-c3ccc(F)c4sc(N)nc34)c(C(F)(F)F)cc12)[C@@H]1CCN(C(N)=O)C1. The van der Waals surface area contributed by atoms with Gasteiger partial charge < -0.3 is 26.0 Å². The summed E-state index contributed by atoms with van der Waals surface area (Å²) >= 11 is 0.756. The molecule has 2 amide bonds. The molecule has 5 heterocycles. The predicted molar refractivity (Wildman–Crippen MR) is 164 cm³/mol. The summed E-state index contributed by atoms with van der Waals surface area (Å²) < 4.78 is 81.8. The number of nitrogen functional groups attached to an aromatic ring is 1. The molecule has 0 saturated carbocycles. The Morgan fingerprint density at radius 3 is 2.54 bits per heavy atom. The first-order chi connectivity index (χ1) is 21.9. The van der Waals surface area contributed by atoms with Crippen LogP contribution in [0.25, 0.3) is 32.2 Å². The molecule has 2 aromatic heterocycles. The highest BCUT2D eigenvalue weighted by atomic mass is 32.1. The van der Waals surface area contributed by atoms with E-state index in [1.807, 2.05) is 0 Å². The molecule has 0 aliphatic carbocycles. The average molecular weight is 663 g/mol. The molecule has 244 valence electrons. The molecule has 3 aliphatic rings. The minimum atomic E-state index is -5.03. The number of benzene rings is 2. The number of likely N-dealkylation sites (tertiary alicyclic amines) is 1. The lowest BCUT2D eigenvalue weighted by molar-refractivity contribution is -0.137. The number of alkyl halides is 3. The van der Waals surface area contributed by atoms with Crippen LogP contribution >= 0.6 is 11.3 Å². The van der Waals surface area contributed by atoms with Crippen LogP contribution in [-0.2, 0) is 6.18 Å². The molecule has 3 aliphatic heterocycles. The lowest BCUT2D eigenvalue weighted by Gasteiger charge is -2.31. The second-order valence-electron chi connectivity index (χ2n) is 12.2. The molecule has 7 rings (SSSR count). The van der Waals surface area contributed by atoms with Crippen LogP contribution in [0.5, 0.6) is 6.01 Å². The number of primary amides is 1. The van der Waals surface area contributed by atoms with Gasteiger partial charge in [0.25, 0.3) is 0 Å². The van der Waals surface area contributed by atoms with Crippen molar-refractivity contribution in [3.8, 4) is 17.1 Å². The molecule has 3 saturated heterocycles. The van der Waals surface area contributed by atoms with Gasteiger partial charge in [-0.1, -0.05) is 11.3 Å². The number of nitrogens with two attached hydrogens (primary N) is 2. The van der Waals surface area contributed by atoms with E-state index in [1.165, 1.54) is 4.90 Å². The maximum absolute atomic E-state index is 16.8. The third kappa shape index (κ3) is 5.01. The van der Waals surface area contributed by atoms with Crippen LogP contribution in [0.3, 0.4) is 0 Å². The highest BCUT2D eigenvalue weighted by molar-refractivity contribution is 7.22. The maximum Gasteiger partial charge on any atom is 0.417 e. The van der Waals surface area contributed by atoms with Gasteiger partial charge in [0.1, 0.15) is 23.8 Å². The number of thiazole rings is 1. The third-order valence-corrected chi connectivity index (χ3v) is 10.5. The summed E-state index contributed by atoms with van der Waals surface area (Å²) in [6.07, 6.45) is -0.697. The van der Waals surface area contributed by atoms with Gasteiger partial charge in [0, 0.05) is 42.7 Å². The number of fused-ring (bicyclic) bond motifs is 3. The maximum atomic E-state index is 16.8. The van der Waals surface area contributed by atoms with E-state index in [1.54, 1.807) is 11.9 Å². The third-order valence-electron chi connectivity index (χ3n) is 9.62. The summed E-state index contributed by atoms with van der Waals surface area (Å²) in [5, 5.41) is -0.273. The fourth-order valence-corrected chi connectivity index (χ4v) is 8.06. The Bertz CT molecular complexity index is 1860. The minimum Gasteiger partial charge on any atom is -0.461 e. The molecule has 4 N–H and O–H groups in total. The van der Waals surface area contributed by atoms with Gasteiger partial charge >= 0.3 is 18.2 Å². The zero-order chi connectivity index (χ0) is 32.5. The van der Waals surface area contributed by atoms with Crippen molar-refractivity contribution in [2.75, 3.05) is 50.5 Å². The summed E-state index contributed by atoms with van der Waals surface area (Å²) in [4.78, 5) is 30.2. The van der Waals surface area contributed by atoms with Gasteiger partial charge in [0.05, 0.1) is 21.3 Å². The fraction of sp³-hybridized carbons (Fsp3) is 0.467. The highest BCUT2D eigenvalue weighted by Crippen LogP contribution is 2.46. The van der Waals surface area contributed by atoms with Crippen LogP contribution < -0.4 is 21.1 Å². The lowest BCUT2D eigenvalue weighted by Crippen LogP contribution is -2.43. The van der Waals surface area contributed by atoms with E-state index in [2.05, 4.69) is 19.9 Å². The first-order valence-corrected chi connectivity index (χ1v) is 15.8. The monoisotopic (exact) mass is 662 g/mol. The van der Waals surface area contributed by atoms with E-state index < -0.39 is 40.5 Å². The molecule has 1 atom stereocenters. The molecule has 0 bridgehead atoms. The Hall–Kier alpha value is -4.05. The van der Waals surface area contributed by atoms with Gasteiger partial charge in [0.2, 0.25) is 0 Å². The number of aromatic nitrogens is 3. The number of hydrogen-bond acceptors (Lipinski definition) is 9. The van der Waals surface area contributed by atoms with Crippen molar-refractivity contribution in [3.05, 3.63) is 35.4 Å². The number of carbonyl (C=O) groups excluding carboxylic acids is 1. The lowest BCUT2D eigenvalue weighted by atomic mass is 9.95. The zero-order valence-corrected chi connectivity index (χ0v) is 25.6. The van der Waals surface area contributed by atoms with Crippen molar-refractivity contribution >= 4 is 49.4 Å². The number of amides is 2. The van der Waals surface area contributed by atoms with Crippen LogP contribution in [0.15, 0.2) is 18.2 Å². The number of anilines is 2. The first-order valence-electron chi connectivity index (χ1n) is 15.0. The van der Waals surface area contributed by atoms with Crippen molar-refractivity contribution in [2.45, 2.75) is 49.9 Å². The van der Waals surface area contributed by atoms with Gasteiger partial charge in [-0.3, -0.25) is 4.90 Å². The van der Waals surface area contributed by atoms with Gasteiger partial charge in [-0.2, -0.15) is 23.1 Å². The summed E-state index contributed by atoms with van der Waals surface area (Å²) in [7, 11) is 1.62. The molecule has 0 radical (unpaired) electrons. The Kier molecular flexibility index (Phi) is 7.34. The summed E-state index contributed by atoms with van der Waals surface area (Å²) in [6.45, 7) is 2.68. The molecular formula is C30H31F5N8O2S. The van der Waals surface area contributed by atoms with Crippen molar-refractivity contribution < 1.29 is 31.5 Å². The van der Waals surface area contributed by atoms with E-state index in [-0.39, 0.29) is 62.9 Å². The van der Waals surface area contributed by atoms with Gasteiger partial charge in [-0.25, -0.2) is 18.6 Å². The number of hydrogen-bond donors (Lipinski definition) is 2. The van der Waals surface area contributed by atoms with Crippen molar-refractivity contribution in [3.63, 3.8) is 0 Å². The number of nitrogens with zero attached hydrogens (tertiary/aromatic N) is 6. The molecular weight excluding hydrogens is 631 g/mol. The van der Waals surface area contributed by atoms with Gasteiger partial charge in [0.15, 0.2) is 10.9 Å². The molecule has 46 heavy (non-hydrogen) atoms. The average Bonchev–Trinajstić information content (AvgIpc) is 3.79. The van der Waals surface area contributed by atoms with Gasteiger partial charge in [-0.05, 0) is 63.4 Å². The highest BCUT2D eigenvalue weighted by Gasteiger charge is 2.45. The number of rotatable bonds is 6. The van der Waals surface area contributed by atoms with E-state index in [9.17, 15) is 22.4 Å². The molecule has 10 nitrogen and oxygen atoms in total. The molecule has 3 fully saturated rings. The van der Waals surface area contributed by atoms with Crippen molar-refractivity contribution in [1.29, 1.82) is 0 Å². The summed E-state index contributed by atoms with van der Waals surface area (Å²) in [5.74, 6) is -2.00. The smallest absolute Gasteiger partial charge is 0.417 e. The van der Waals surface area contributed by atoms with E-state index in [4.69, 9.17) is 16.2 Å². The number of halogens is 5. The summed E-state index contributed by atoms with van der Waals surface area (Å²) in [6, 6.07) is 1.66. The fourth-order valence-electron chi connectivity index (χ4n) is 7.30.